The zero-order valence-corrected chi connectivity index (χ0v) is 7.67. The number of halogens is 2. The maximum atomic E-state index is 12.6. The molecular weight excluding hydrogens is 194 g/mol. The molecule has 1 saturated heterocycles. The van der Waals surface area contributed by atoms with E-state index in [0.717, 1.165) is 4.90 Å². The number of hydrogen-bond donors (Lipinski definition) is 0. The molecule has 1 amide bonds. The quantitative estimate of drug-likeness (QED) is 0.621. The molecular formula is C8H10F2N2O2. The number of nitriles is 1. The Labute approximate surface area is 80.0 Å². The van der Waals surface area contributed by atoms with Crippen molar-refractivity contribution in [1.82, 2.24) is 4.90 Å². The van der Waals surface area contributed by atoms with Gasteiger partial charge < -0.3 is 9.64 Å². The van der Waals surface area contributed by atoms with E-state index in [0.29, 0.717) is 6.92 Å². The SMILES string of the molecule is CC(F)(F)C(=O)N1CCOC(C#N)C1. The summed E-state index contributed by atoms with van der Waals surface area (Å²) in [6, 6.07) is 1.78. The summed E-state index contributed by atoms with van der Waals surface area (Å²) in [7, 11) is 0. The van der Waals surface area contributed by atoms with Crippen molar-refractivity contribution in [2.45, 2.75) is 19.0 Å². The van der Waals surface area contributed by atoms with Crippen LogP contribution in [0.3, 0.4) is 0 Å². The summed E-state index contributed by atoms with van der Waals surface area (Å²) in [4.78, 5) is 12.0. The minimum absolute atomic E-state index is 0.0846. The van der Waals surface area contributed by atoms with E-state index in [1.54, 1.807) is 6.07 Å². The van der Waals surface area contributed by atoms with Gasteiger partial charge in [0.05, 0.1) is 19.2 Å². The smallest absolute Gasteiger partial charge is 0.322 e. The summed E-state index contributed by atoms with van der Waals surface area (Å²) in [6.07, 6.45) is -0.796. The first kappa shape index (κ1) is 10.9. The minimum atomic E-state index is -3.38. The lowest BCUT2D eigenvalue weighted by Gasteiger charge is -2.31. The third kappa shape index (κ3) is 2.39. The highest BCUT2D eigenvalue weighted by atomic mass is 19.3. The number of hydrogen-bond acceptors (Lipinski definition) is 3. The molecule has 0 N–H and O–H groups in total. The highest BCUT2D eigenvalue weighted by Crippen LogP contribution is 2.17. The Morgan fingerprint density at radius 3 is 2.86 bits per heavy atom. The van der Waals surface area contributed by atoms with Crippen LogP contribution in [0.1, 0.15) is 6.92 Å². The molecule has 0 bridgehead atoms. The molecule has 0 radical (unpaired) electrons. The summed E-state index contributed by atoms with van der Waals surface area (Å²) in [5, 5.41) is 8.49. The number of carbonyl (C=O) groups excluding carboxylic acids is 1. The molecule has 0 spiro atoms. The van der Waals surface area contributed by atoms with Crippen molar-refractivity contribution in [1.29, 1.82) is 5.26 Å². The average Bonchev–Trinajstić information content (AvgIpc) is 2.15. The second-order valence-electron chi connectivity index (χ2n) is 3.13. The topological polar surface area (TPSA) is 53.3 Å². The first-order chi connectivity index (χ1) is 6.45. The lowest BCUT2D eigenvalue weighted by molar-refractivity contribution is -0.160. The molecule has 14 heavy (non-hydrogen) atoms. The Morgan fingerprint density at radius 1 is 1.71 bits per heavy atom. The van der Waals surface area contributed by atoms with Crippen LogP contribution in [0.25, 0.3) is 0 Å². The number of morpholine rings is 1. The number of amides is 1. The van der Waals surface area contributed by atoms with E-state index in [2.05, 4.69) is 0 Å². The zero-order valence-electron chi connectivity index (χ0n) is 7.67. The fraction of sp³-hybridized carbons (Fsp3) is 0.750. The molecule has 0 aromatic heterocycles. The van der Waals surface area contributed by atoms with Crippen molar-refractivity contribution in [3.8, 4) is 6.07 Å². The van der Waals surface area contributed by atoms with Crippen LogP contribution in [0.15, 0.2) is 0 Å². The summed E-state index contributed by atoms with van der Waals surface area (Å²) >= 11 is 0. The highest BCUT2D eigenvalue weighted by Gasteiger charge is 2.38. The molecule has 1 rings (SSSR count). The van der Waals surface area contributed by atoms with E-state index < -0.39 is 17.9 Å². The molecule has 1 atom stereocenters. The molecule has 1 aliphatic rings. The van der Waals surface area contributed by atoms with Gasteiger partial charge in [-0.1, -0.05) is 0 Å². The second-order valence-corrected chi connectivity index (χ2v) is 3.13. The van der Waals surface area contributed by atoms with Crippen LogP contribution in [0.5, 0.6) is 0 Å². The second kappa shape index (κ2) is 3.88. The van der Waals surface area contributed by atoms with Gasteiger partial charge in [-0.3, -0.25) is 4.79 Å². The Bertz CT molecular complexity index is 269. The molecule has 1 fully saturated rings. The van der Waals surface area contributed by atoms with Crippen molar-refractivity contribution < 1.29 is 18.3 Å². The maximum absolute atomic E-state index is 12.6. The van der Waals surface area contributed by atoms with Gasteiger partial charge in [0.25, 0.3) is 5.91 Å². The van der Waals surface area contributed by atoms with Crippen LogP contribution in [-0.4, -0.2) is 42.5 Å². The Morgan fingerprint density at radius 2 is 2.36 bits per heavy atom. The zero-order chi connectivity index (χ0) is 10.8. The summed E-state index contributed by atoms with van der Waals surface area (Å²) < 4.78 is 30.2. The van der Waals surface area contributed by atoms with Crippen LogP contribution in [0.2, 0.25) is 0 Å². The Balaban J connectivity index is 2.62. The fourth-order valence-electron chi connectivity index (χ4n) is 1.19. The van der Waals surface area contributed by atoms with Gasteiger partial charge in [0, 0.05) is 13.5 Å². The normalized spacial score (nSPS) is 23.0. The Kier molecular flexibility index (Phi) is 3.01. The first-order valence-electron chi connectivity index (χ1n) is 4.13. The van der Waals surface area contributed by atoms with Crippen molar-refractivity contribution in [3.05, 3.63) is 0 Å². The fourth-order valence-corrected chi connectivity index (χ4v) is 1.19. The minimum Gasteiger partial charge on any atom is -0.360 e. The monoisotopic (exact) mass is 204 g/mol. The van der Waals surface area contributed by atoms with Crippen molar-refractivity contribution >= 4 is 5.91 Å². The van der Waals surface area contributed by atoms with E-state index in [-0.39, 0.29) is 19.7 Å². The lowest BCUT2D eigenvalue weighted by Crippen LogP contribution is -2.50. The molecule has 1 heterocycles. The van der Waals surface area contributed by atoms with Gasteiger partial charge in [0.2, 0.25) is 0 Å². The number of carbonyl (C=O) groups is 1. The average molecular weight is 204 g/mol. The van der Waals surface area contributed by atoms with Crippen LogP contribution < -0.4 is 0 Å². The van der Waals surface area contributed by atoms with Gasteiger partial charge in [-0.2, -0.15) is 14.0 Å². The number of nitrogens with zero attached hydrogens (tertiary/aromatic N) is 2. The molecule has 0 aliphatic carbocycles. The standard InChI is InChI=1S/C8H10F2N2O2/c1-8(9,10)7(13)12-2-3-14-6(4-11)5-12/h6H,2-3,5H2,1H3. The van der Waals surface area contributed by atoms with Crippen molar-refractivity contribution in [3.63, 3.8) is 0 Å². The number of alkyl halides is 2. The molecule has 4 nitrogen and oxygen atoms in total. The van der Waals surface area contributed by atoms with Crippen LogP contribution in [-0.2, 0) is 9.53 Å². The lowest BCUT2D eigenvalue weighted by atomic mass is 10.2. The van der Waals surface area contributed by atoms with E-state index in [4.69, 9.17) is 10.00 Å². The number of ether oxygens (including phenoxy) is 1. The van der Waals surface area contributed by atoms with Crippen molar-refractivity contribution in [2.75, 3.05) is 19.7 Å². The van der Waals surface area contributed by atoms with E-state index in [1.807, 2.05) is 0 Å². The van der Waals surface area contributed by atoms with E-state index in [9.17, 15) is 13.6 Å². The van der Waals surface area contributed by atoms with E-state index in [1.165, 1.54) is 0 Å². The van der Waals surface area contributed by atoms with Gasteiger partial charge in [-0.05, 0) is 0 Å². The summed E-state index contributed by atoms with van der Waals surface area (Å²) in [5.74, 6) is -4.63. The number of rotatable bonds is 1. The van der Waals surface area contributed by atoms with Crippen molar-refractivity contribution in [2.24, 2.45) is 0 Å². The van der Waals surface area contributed by atoms with E-state index >= 15 is 0 Å². The van der Waals surface area contributed by atoms with Gasteiger partial charge >= 0.3 is 5.92 Å². The molecule has 1 unspecified atom stereocenters. The molecule has 0 aromatic rings. The third-order valence-electron chi connectivity index (χ3n) is 1.87. The summed E-state index contributed by atoms with van der Waals surface area (Å²) in [5.41, 5.74) is 0. The van der Waals surface area contributed by atoms with Crippen LogP contribution in [0.4, 0.5) is 8.78 Å². The first-order valence-corrected chi connectivity index (χ1v) is 4.13. The molecule has 0 aromatic carbocycles. The summed E-state index contributed by atoms with van der Waals surface area (Å²) in [6.45, 7) is 0.700. The van der Waals surface area contributed by atoms with Gasteiger partial charge in [-0.25, -0.2) is 0 Å². The van der Waals surface area contributed by atoms with Crippen LogP contribution in [0, 0.1) is 11.3 Å². The molecule has 0 saturated carbocycles. The largest absolute Gasteiger partial charge is 0.360 e. The third-order valence-corrected chi connectivity index (χ3v) is 1.87. The predicted molar refractivity (Wildman–Crippen MR) is 42.6 cm³/mol. The molecule has 6 heteroatoms. The van der Waals surface area contributed by atoms with Gasteiger partial charge in [-0.15, -0.1) is 0 Å². The molecule has 1 aliphatic heterocycles. The molecule has 78 valence electrons. The van der Waals surface area contributed by atoms with Gasteiger partial charge in [0.15, 0.2) is 6.10 Å². The van der Waals surface area contributed by atoms with Gasteiger partial charge in [0.1, 0.15) is 0 Å². The van der Waals surface area contributed by atoms with Crippen LogP contribution >= 0.6 is 0 Å². The predicted octanol–water partition coefficient (Wildman–Crippen LogP) is 0.393. The Hall–Kier alpha value is -1.22. The maximum Gasteiger partial charge on any atom is 0.322 e. The highest BCUT2D eigenvalue weighted by molar-refractivity contribution is 5.83.